The number of hydrogen-bond acceptors (Lipinski definition) is 4. The molecule has 0 N–H and O–H groups in total. The lowest BCUT2D eigenvalue weighted by molar-refractivity contribution is 0.269. The fourth-order valence-electron chi connectivity index (χ4n) is 2.81. The van der Waals surface area contributed by atoms with Crippen LogP contribution >= 0.6 is 15.9 Å². The normalized spacial score (nSPS) is 10.7. The van der Waals surface area contributed by atoms with Gasteiger partial charge in [-0.1, -0.05) is 46.3 Å². The molecule has 0 aliphatic rings. The molecule has 0 amide bonds. The molecule has 148 valence electrons. The van der Waals surface area contributed by atoms with Gasteiger partial charge < -0.3 is 9.47 Å². The van der Waals surface area contributed by atoms with Crippen molar-refractivity contribution >= 4 is 27.6 Å². The molecule has 0 atom stereocenters. The van der Waals surface area contributed by atoms with Crippen molar-refractivity contribution in [2.45, 2.75) is 13.5 Å². The van der Waals surface area contributed by atoms with Gasteiger partial charge in [0.25, 0.3) is 0 Å². The zero-order valence-electron chi connectivity index (χ0n) is 16.4. The van der Waals surface area contributed by atoms with Crippen molar-refractivity contribution in [3.8, 4) is 23.6 Å². The van der Waals surface area contributed by atoms with Gasteiger partial charge in [-0.15, -0.1) is 0 Å². The second kappa shape index (κ2) is 10.3. The molecule has 0 saturated heterocycles. The summed E-state index contributed by atoms with van der Waals surface area (Å²) in [7, 11) is 0. The molecular formula is C25H19BrN2O2. The van der Waals surface area contributed by atoms with Gasteiger partial charge in [-0.25, -0.2) is 0 Å². The molecule has 0 heterocycles. The number of benzene rings is 3. The molecule has 0 fully saturated rings. The quantitative estimate of drug-likeness (QED) is 0.305. The predicted molar refractivity (Wildman–Crippen MR) is 121 cm³/mol. The lowest BCUT2D eigenvalue weighted by Gasteiger charge is -2.13. The van der Waals surface area contributed by atoms with Gasteiger partial charge in [-0.2, -0.15) is 10.5 Å². The molecule has 0 spiro atoms. The number of halogens is 1. The Kier molecular flexibility index (Phi) is 7.27. The van der Waals surface area contributed by atoms with Gasteiger partial charge in [0.1, 0.15) is 6.61 Å². The first kappa shape index (κ1) is 21.2. The Labute approximate surface area is 184 Å². The van der Waals surface area contributed by atoms with E-state index in [1.165, 1.54) is 0 Å². The van der Waals surface area contributed by atoms with Gasteiger partial charge in [0.15, 0.2) is 11.5 Å². The van der Waals surface area contributed by atoms with Gasteiger partial charge >= 0.3 is 0 Å². The van der Waals surface area contributed by atoms with E-state index in [1.54, 1.807) is 30.3 Å². The summed E-state index contributed by atoms with van der Waals surface area (Å²) >= 11 is 3.43. The molecular weight excluding hydrogens is 440 g/mol. The molecule has 0 unspecified atom stereocenters. The van der Waals surface area contributed by atoms with Gasteiger partial charge in [0.05, 0.1) is 29.9 Å². The Hall–Kier alpha value is -3.54. The van der Waals surface area contributed by atoms with E-state index in [9.17, 15) is 5.26 Å². The van der Waals surface area contributed by atoms with Crippen LogP contribution < -0.4 is 9.47 Å². The van der Waals surface area contributed by atoms with Crippen LogP contribution in [0.3, 0.4) is 0 Å². The number of ether oxygens (including phenoxy) is 2. The molecule has 0 aromatic heterocycles. The summed E-state index contributed by atoms with van der Waals surface area (Å²) in [5.74, 6) is 1.27. The number of rotatable bonds is 7. The number of hydrogen-bond donors (Lipinski definition) is 0. The van der Waals surface area contributed by atoms with Crippen LogP contribution in [0.25, 0.3) is 11.6 Å². The summed E-state index contributed by atoms with van der Waals surface area (Å²) < 4.78 is 12.7. The Bertz CT molecular complexity index is 1120. The van der Waals surface area contributed by atoms with E-state index in [1.807, 2.05) is 49.4 Å². The van der Waals surface area contributed by atoms with Crippen molar-refractivity contribution in [1.29, 1.82) is 10.5 Å². The highest BCUT2D eigenvalue weighted by Crippen LogP contribution is 2.31. The van der Waals surface area contributed by atoms with E-state index in [-0.39, 0.29) is 0 Å². The molecule has 0 saturated carbocycles. The largest absolute Gasteiger partial charge is 0.490 e. The van der Waals surface area contributed by atoms with E-state index in [2.05, 4.69) is 28.1 Å². The highest BCUT2D eigenvalue weighted by atomic mass is 79.9. The standard InChI is InChI=1S/C25H19BrN2O2/c1-2-29-25-14-20(13-22(16-28)21-8-3-18(15-27)4-9-21)7-12-24(25)30-17-19-5-10-23(26)11-6-19/h3-14H,2,17H2,1H3/b22-13-. The van der Waals surface area contributed by atoms with Crippen LogP contribution in [0.4, 0.5) is 0 Å². The summed E-state index contributed by atoms with van der Waals surface area (Å²) in [5, 5.41) is 18.5. The van der Waals surface area contributed by atoms with Crippen LogP contribution in [-0.2, 0) is 6.61 Å². The maximum atomic E-state index is 9.58. The van der Waals surface area contributed by atoms with Crippen molar-refractivity contribution in [3.05, 3.63) is 93.5 Å². The second-order valence-electron chi connectivity index (χ2n) is 6.41. The maximum Gasteiger partial charge on any atom is 0.161 e. The lowest BCUT2D eigenvalue weighted by Crippen LogP contribution is -2.00. The first-order valence-electron chi connectivity index (χ1n) is 9.39. The zero-order valence-corrected chi connectivity index (χ0v) is 18.0. The monoisotopic (exact) mass is 458 g/mol. The molecule has 0 bridgehead atoms. The third-order valence-electron chi connectivity index (χ3n) is 4.33. The van der Waals surface area contributed by atoms with Crippen LogP contribution in [0.2, 0.25) is 0 Å². The highest BCUT2D eigenvalue weighted by molar-refractivity contribution is 9.10. The molecule has 4 nitrogen and oxygen atoms in total. The fourth-order valence-corrected chi connectivity index (χ4v) is 3.08. The van der Waals surface area contributed by atoms with E-state index < -0.39 is 0 Å². The Balaban J connectivity index is 1.83. The summed E-state index contributed by atoms with van der Waals surface area (Å²) in [5.41, 5.74) is 3.70. The number of nitrogens with zero attached hydrogens (tertiary/aromatic N) is 2. The maximum absolute atomic E-state index is 9.58. The molecule has 30 heavy (non-hydrogen) atoms. The molecule has 3 rings (SSSR count). The van der Waals surface area contributed by atoms with Gasteiger partial charge in [0.2, 0.25) is 0 Å². The zero-order chi connectivity index (χ0) is 21.3. The van der Waals surface area contributed by atoms with Crippen molar-refractivity contribution in [2.75, 3.05) is 6.61 Å². The smallest absolute Gasteiger partial charge is 0.161 e. The Morgan fingerprint density at radius 3 is 2.30 bits per heavy atom. The first-order valence-corrected chi connectivity index (χ1v) is 10.2. The van der Waals surface area contributed by atoms with Crippen LogP contribution in [-0.4, -0.2) is 6.61 Å². The fraction of sp³-hybridized carbons (Fsp3) is 0.120. The van der Waals surface area contributed by atoms with E-state index in [0.29, 0.717) is 35.8 Å². The molecule has 0 radical (unpaired) electrons. The molecule has 3 aromatic carbocycles. The average Bonchev–Trinajstić information content (AvgIpc) is 2.78. The van der Waals surface area contributed by atoms with Gasteiger partial charge in [-0.05, 0) is 66.1 Å². The molecule has 0 aliphatic carbocycles. The van der Waals surface area contributed by atoms with Crippen molar-refractivity contribution in [3.63, 3.8) is 0 Å². The molecule has 3 aromatic rings. The second-order valence-corrected chi connectivity index (χ2v) is 7.33. The van der Waals surface area contributed by atoms with Crippen molar-refractivity contribution in [1.82, 2.24) is 0 Å². The Morgan fingerprint density at radius 2 is 1.67 bits per heavy atom. The van der Waals surface area contributed by atoms with Crippen molar-refractivity contribution < 1.29 is 9.47 Å². The molecule has 5 heteroatoms. The van der Waals surface area contributed by atoms with Crippen LogP contribution in [0.15, 0.2) is 71.2 Å². The SMILES string of the molecule is CCOc1cc(/C=C(/C#N)c2ccc(C#N)cc2)ccc1OCc1ccc(Br)cc1. The van der Waals surface area contributed by atoms with E-state index in [4.69, 9.17) is 14.7 Å². The van der Waals surface area contributed by atoms with Crippen LogP contribution in [0, 0.1) is 22.7 Å². The van der Waals surface area contributed by atoms with Gasteiger partial charge in [0, 0.05) is 4.47 Å². The minimum Gasteiger partial charge on any atom is -0.490 e. The van der Waals surface area contributed by atoms with E-state index >= 15 is 0 Å². The summed E-state index contributed by atoms with van der Waals surface area (Å²) in [6, 6.07) is 24.8. The number of nitriles is 2. The topological polar surface area (TPSA) is 66.0 Å². The first-order chi connectivity index (χ1) is 14.6. The lowest BCUT2D eigenvalue weighted by atomic mass is 10.0. The minimum absolute atomic E-state index is 0.428. The number of allylic oxidation sites excluding steroid dienone is 1. The van der Waals surface area contributed by atoms with E-state index in [0.717, 1.165) is 21.2 Å². The summed E-state index contributed by atoms with van der Waals surface area (Å²) in [4.78, 5) is 0. The summed E-state index contributed by atoms with van der Waals surface area (Å²) in [6.45, 7) is 2.85. The Morgan fingerprint density at radius 1 is 0.933 bits per heavy atom. The predicted octanol–water partition coefficient (Wildman–Crippen LogP) is 6.36. The molecule has 0 aliphatic heterocycles. The summed E-state index contributed by atoms with van der Waals surface area (Å²) in [6.07, 6.45) is 1.79. The highest BCUT2D eigenvalue weighted by Gasteiger charge is 2.08. The average molecular weight is 459 g/mol. The van der Waals surface area contributed by atoms with Gasteiger partial charge in [-0.3, -0.25) is 0 Å². The third kappa shape index (κ3) is 5.50. The van der Waals surface area contributed by atoms with Crippen molar-refractivity contribution in [2.24, 2.45) is 0 Å². The third-order valence-corrected chi connectivity index (χ3v) is 4.86. The minimum atomic E-state index is 0.428. The van der Waals surface area contributed by atoms with Crippen LogP contribution in [0.5, 0.6) is 11.5 Å². The van der Waals surface area contributed by atoms with Crippen LogP contribution in [0.1, 0.15) is 29.2 Å².